The molecule has 1 aliphatic rings. The Morgan fingerprint density at radius 3 is 2.73 bits per heavy atom. The fraction of sp³-hybridized carbons (Fsp3) is 0.231. The van der Waals surface area contributed by atoms with E-state index in [1.807, 2.05) is 24.3 Å². The molecule has 5 rings (SSSR count). The standard InChI is InChI=1S/C26H25BrN6O6S/c1-40(36,37)22(28)11-29-25(35)23-18(17-4-2-3-5-19(17)27)8-14-10-30-26(33-24(14)32-23)31-15-6-7-20-21(9-15)39-16(12-34)13-38-20/h2-10,16,22,34H,11-13,28H2,1H3,(H,29,35)(H,30,31,32,33). The van der Waals surface area contributed by atoms with Crippen LogP contribution < -0.4 is 25.8 Å². The van der Waals surface area contributed by atoms with Gasteiger partial charge in [0.2, 0.25) is 5.95 Å². The summed E-state index contributed by atoms with van der Waals surface area (Å²) in [6, 6.07) is 14.3. The zero-order valence-electron chi connectivity index (χ0n) is 21.2. The van der Waals surface area contributed by atoms with E-state index in [2.05, 4.69) is 41.5 Å². The number of carbonyl (C=O) groups is 1. The minimum atomic E-state index is -3.55. The first-order valence-electron chi connectivity index (χ1n) is 12.1. The first-order chi connectivity index (χ1) is 19.1. The Bertz CT molecular complexity index is 1700. The summed E-state index contributed by atoms with van der Waals surface area (Å²) in [7, 11) is -3.55. The third-order valence-electron chi connectivity index (χ3n) is 6.08. The number of nitrogens with zero attached hydrogens (tertiary/aromatic N) is 3. The molecule has 0 aliphatic carbocycles. The van der Waals surface area contributed by atoms with Crippen molar-refractivity contribution in [3.05, 3.63) is 64.9 Å². The van der Waals surface area contributed by atoms with Gasteiger partial charge in [-0.15, -0.1) is 0 Å². The molecule has 5 N–H and O–H groups in total. The van der Waals surface area contributed by atoms with Crippen molar-refractivity contribution in [1.29, 1.82) is 0 Å². The van der Waals surface area contributed by atoms with Crippen LogP contribution in [0.3, 0.4) is 0 Å². The molecule has 40 heavy (non-hydrogen) atoms. The van der Waals surface area contributed by atoms with Crippen LogP contribution in [0.2, 0.25) is 0 Å². The fourth-order valence-corrected chi connectivity index (χ4v) is 4.81. The quantitative estimate of drug-likeness (QED) is 0.225. The van der Waals surface area contributed by atoms with E-state index < -0.39 is 27.2 Å². The van der Waals surface area contributed by atoms with Crippen LogP contribution in [0.1, 0.15) is 10.5 Å². The van der Waals surface area contributed by atoms with Gasteiger partial charge in [-0.25, -0.2) is 18.4 Å². The molecular weight excluding hydrogens is 604 g/mol. The summed E-state index contributed by atoms with van der Waals surface area (Å²) in [4.78, 5) is 26.7. The van der Waals surface area contributed by atoms with Gasteiger partial charge in [-0.3, -0.25) is 4.79 Å². The lowest BCUT2D eigenvalue weighted by molar-refractivity contribution is 0.0457. The molecule has 14 heteroatoms. The minimum absolute atomic E-state index is 0.0409. The highest BCUT2D eigenvalue weighted by atomic mass is 79.9. The lowest BCUT2D eigenvalue weighted by Gasteiger charge is -2.25. The van der Waals surface area contributed by atoms with E-state index in [4.69, 9.17) is 15.2 Å². The number of hydrogen-bond acceptors (Lipinski definition) is 11. The van der Waals surface area contributed by atoms with Crippen LogP contribution >= 0.6 is 15.9 Å². The number of hydrogen-bond donors (Lipinski definition) is 4. The molecule has 0 bridgehead atoms. The highest BCUT2D eigenvalue weighted by Crippen LogP contribution is 2.35. The Morgan fingerprint density at radius 2 is 1.98 bits per heavy atom. The van der Waals surface area contributed by atoms with Gasteiger partial charge in [-0.2, -0.15) is 4.98 Å². The molecule has 3 heterocycles. The van der Waals surface area contributed by atoms with Gasteiger partial charge in [0.25, 0.3) is 5.91 Å². The van der Waals surface area contributed by atoms with Crippen molar-refractivity contribution in [3.8, 4) is 22.6 Å². The third-order valence-corrected chi connectivity index (χ3v) is 8.04. The number of halogens is 1. The largest absolute Gasteiger partial charge is 0.486 e. The Hall–Kier alpha value is -3.85. The zero-order valence-corrected chi connectivity index (χ0v) is 23.6. The number of anilines is 2. The number of nitrogens with two attached hydrogens (primary N) is 1. The number of amides is 1. The van der Waals surface area contributed by atoms with Gasteiger partial charge in [0.15, 0.2) is 33.1 Å². The van der Waals surface area contributed by atoms with E-state index in [0.29, 0.717) is 33.7 Å². The molecule has 0 saturated heterocycles. The van der Waals surface area contributed by atoms with E-state index in [1.54, 1.807) is 30.5 Å². The summed E-state index contributed by atoms with van der Waals surface area (Å²) in [5.41, 5.74) is 7.80. The molecule has 2 unspecified atom stereocenters. The Balaban J connectivity index is 1.49. The number of benzene rings is 2. The third kappa shape index (κ3) is 5.99. The highest BCUT2D eigenvalue weighted by Gasteiger charge is 2.23. The molecule has 12 nitrogen and oxygen atoms in total. The van der Waals surface area contributed by atoms with Gasteiger partial charge in [0.05, 0.1) is 6.61 Å². The van der Waals surface area contributed by atoms with Crippen LogP contribution in [0, 0.1) is 0 Å². The Labute approximate surface area is 238 Å². The van der Waals surface area contributed by atoms with E-state index >= 15 is 0 Å². The number of aliphatic hydroxyl groups is 1. The maximum Gasteiger partial charge on any atom is 0.270 e. The van der Waals surface area contributed by atoms with Crippen LogP contribution in [-0.2, 0) is 9.84 Å². The second kappa shape index (κ2) is 11.3. The lowest BCUT2D eigenvalue weighted by Crippen LogP contribution is -2.42. The average molecular weight is 629 g/mol. The van der Waals surface area contributed by atoms with E-state index in [1.165, 1.54) is 0 Å². The molecule has 0 radical (unpaired) electrons. The summed E-state index contributed by atoms with van der Waals surface area (Å²) >= 11 is 3.52. The van der Waals surface area contributed by atoms with Gasteiger partial charge < -0.3 is 30.9 Å². The number of rotatable bonds is 8. The predicted octanol–water partition coefficient (Wildman–Crippen LogP) is 2.39. The first-order valence-corrected chi connectivity index (χ1v) is 14.8. The molecular formula is C26H25BrN6O6S. The second-order valence-corrected chi connectivity index (χ2v) is 12.2. The van der Waals surface area contributed by atoms with Crippen LogP contribution in [0.4, 0.5) is 11.6 Å². The number of aliphatic hydroxyl groups excluding tert-OH is 1. The highest BCUT2D eigenvalue weighted by molar-refractivity contribution is 9.10. The molecule has 208 valence electrons. The van der Waals surface area contributed by atoms with Crippen molar-refractivity contribution < 1.29 is 27.8 Å². The molecule has 0 fully saturated rings. The topological polar surface area (TPSA) is 179 Å². The lowest BCUT2D eigenvalue weighted by atomic mass is 10.0. The van der Waals surface area contributed by atoms with Gasteiger partial charge in [0, 0.05) is 46.2 Å². The van der Waals surface area contributed by atoms with E-state index in [0.717, 1.165) is 10.7 Å². The summed E-state index contributed by atoms with van der Waals surface area (Å²) in [5, 5.41) is 14.3. The van der Waals surface area contributed by atoms with Gasteiger partial charge in [0.1, 0.15) is 17.7 Å². The number of aromatic nitrogens is 3. The Morgan fingerprint density at radius 1 is 1.18 bits per heavy atom. The summed E-state index contributed by atoms with van der Waals surface area (Å²) in [6.45, 7) is -0.202. The zero-order chi connectivity index (χ0) is 28.4. The summed E-state index contributed by atoms with van der Waals surface area (Å²) < 4.78 is 35.5. The average Bonchev–Trinajstić information content (AvgIpc) is 2.94. The number of sulfone groups is 1. The predicted molar refractivity (Wildman–Crippen MR) is 152 cm³/mol. The van der Waals surface area contributed by atoms with Crippen molar-refractivity contribution in [2.45, 2.75) is 11.5 Å². The fourth-order valence-electron chi connectivity index (χ4n) is 3.92. The molecule has 4 aromatic rings. The van der Waals surface area contributed by atoms with E-state index in [9.17, 15) is 18.3 Å². The molecule has 2 atom stereocenters. The smallest absolute Gasteiger partial charge is 0.270 e. The van der Waals surface area contributed by atoms with Crippen LogP contribution in [0.25, 0.3) is 22.2 Å². The van der Waals surface area contributed by atoms with Crippen molar-refractivity contribution in [3.63, 3.8) is 0 Å². The van der Waals surface area contributed by atoms with Crippen molar-refractivity contribution in [2.24, 2.45) is 5.73 Å². The number of fused-ring (bicyclic) bond motifs is 2. The molecule has 0 spiro atoms. The van der Waals surface area contributed by atoms with Crippen molar-refractivity contribution >= 4 is 54.3 Å². The maximum atomic E-state index is 13.2. The first kappa shape index (κ1) is 27.7. The van der Waals surface area contributed by atoms with Crippen molar-refractivity contribution in [2.75, 3.05) is 31.3 Å². The number of ether oxygens (including phenoxy) is 2. The summed E-state index contributed by atoms with van der Waals surface area (Å²) in [6.07, 6.45) is 2.13. The van der Waals surface area contributed by atoms with Crippen molar-refractivity contribution in [1.82, 2.24) is 20.3 Å². The molecule has 1 amide bonds. The molecule has 0 saturated carbocycles. The summed E-state index contributed by atoms with van der Waals surface area (Å²) in [5.74, 6) is 0.639. The number of carbonyl (C=O) groups excluding carboxylic acids is 1. The van der Waals surface area contributed by atoms with Gasteiger partial charge in [-0.05, 0) is 29.8 Å². The van der Waals surface area contributed by atoms with Crippen LogP contribution in [-0.4, -0.2) is 71.9 Å². The Kier molecular flexibility index (Phi) is 7.85. The maximum absolute atomic E-state index is 13.2. The SMILES string of the molecule is CS(=O)(=O)C(N)CNC(=O)c1nc2nc(Nc3ccc4c(c3)OC(CO)CO4)ncc2cc1-c1ccccc1Br. The number of pyridine rings is 1. The minimum Gasteiger partial charge on any atom is -0.486 e. The monoisotopic (exact) mass is 628 g/mol. The normalized spacial score (nSPS) is 15.4. The molecule has 1 aliphatic heterocycles. The molecule has 2 aromatic carbocycles. The number of nitrogens with one attached hydrogen (secondary N) is 2. The van der Waals surface area contributed by atoms with Gasteiger partial charge >= 0.3 is 0 Å². The second-order valence-electron chi connectivity index (χ2n) is 9.07. The van der Waals surface area contributed by atoms with Crippen LogP contribution in [0.5, 0.6) is 11.5 Å². The van der Waals surface area contributed by atoms with Gasteiger partial charge in [-0.1, -0.05) is 34.1 Å². The molecule has 2 aromatic heterocycles. The van der Waals surface area contributed by atoms with Crippen LogP contribution in [0.15, 0.2) is 59.2 Å². The van der Waals surface area contributed by atoms with E-state index in [-0.39, 0.29) is 37.0 Å².